The van der Waals surface area contributed by atoms with E-state index in [-0.39, 0.29) is 22.8 Å². The van der Waals surface area contributed by atoms with Crippen molar-refractivity contribution in [3.05, 3.63) is 45.6 Å². The fraction of sp³-hybridized carbons (Fsp3) is 0.667. The van der Waals surface area contributed by atoms with Gasteiger partial charge in [0.25, 0.3) is 0 Å². The molecule has 0 aromatic heterocycles. The Kier molecular flexibility index (Phi) is 4.45. The van der Waals surface area contributed by atoms with Gasteiger partial charge in [0.05, 0.1) is 0 Å². The summed E-state index contributed by atoms with van der Waals surface area (Å²) in [6.07, 6.45) is 12.8. The van der Waals surface area contributed by atoms with Gasteiger partial charge in [0.1, 0.15) is 0 Å². The largest absolute Gasteiger partial charge is 0.442 e. The van der Waals surface area contributed by atoms with Gasteiger partial charge >= 0.3 is 11.9 Å². The molecule has 0 aromatic carbocycles. The van der Waals surface area contributed by atoms with Crippen LogP contribution in [-0.4, -0.2) is 23.1 Å². The number of rotatable bonds is 1. The van der Waals surface area contributed by atoms with Crippen LogP contribution in [0.2, 0.25) is 0 Å². The number of hydrogen-bond donors (Lipinski definition) is 0. The van der Waals surface area contributed by atoms with Crippen LogP contribution in [0.5, 0.6) is 0 Å². The highest BCUT2D eigenvalue weighted by molar-refractivity contribution is 5.97. The molecule has 0 N–H and O–H groups in total. The van der Waals surface area contributed by atoms with Crippen LogP contribution in [0.25, 0.3) is 0 Å². The highest BCUT2D eigenvalue weighted by atomic mass is 16.6. The van der Waals surface area contributed by atoms with Crippen molar-refractivity contribution in [2.75, 3.05) is 0 Å². The van der Waals surface area contributed by atoms with Crippen molar-refractivity contribution in [3.63, 3.8) is 0 Å². The molecule has 34 heavy (non-hydrogen) atoms. The summed E-state index contributed by atoms with van der Waals surface area (Å²) in [4.78, 5) is 26.5. The molecule has 4 heteroatoms. The summed E-state index contributed by atoms with van der Waals surface area (Å²) in [5, 5.41) is 0. The van der Waals surface area contributed by atoms with Crippen LogP contribution in [-0.2, 0) is 19.1 Å². The summed E-state index contributed by atoms with van der Waals surface area (Å²) >= 11 is 0. The first-order valence-electron chi connectivity index (χ1n) is 13.3. The molecule has 2 fully saturated rings. The molecule has 0 amide bonds. The topological polar surface area (TPSA) is 52.6 Å². The van der Waals surface area contributed by atoms with Crippen molar-refractivity contribution in [2.45, 2.75) is 104 Å². The maximum atomic E-state index is 13.2. The van der Waals surface area contributed by atoms with Gasteiger partial charge in [-0.15, -0.1) is 0 Å². The third kappa shape index (κ3) is 2.45. The predicted octanol–water partition coefficient (Wildman–Crippen LogP) is 6.52. The van der Waals surface area contributed by atoms with Crippen LogP contribution in [0.4, 0.5) is 0 Å². The van der Waals surface area contributed by atoms with Crippen LogP contribution in [0.3, 0.4) is 0 Å². The lowest BCUT2D eigenvalue weighted by molar-refractivity contribution is -0.170. The molecule has 2 unspecified atom stereocenters. The number of ether oxygens (including phenoxy) is 2. The molecule has 2 saturated carbocycles. The van der Waals surface area contributed by atoms with E-state index in [9.17, 15) is 9.59 Å². The quantitative estimate of drug-likeness (QED) is 0.329. The van der Waals surface area contributed by atoms with Crippen molar-refractivity contribution < 1.29 is 19.1 Å². The van der Waals surface area contributed by atoms with Gasteiger partial charge in [-0.05, 0) is 111 Å². The zero-order valence-electron chi connectivity index (χ0n) is 21.6. The van der Waals surface area contributed by atoms with Crippen LogP contribution < -0.4 is 0 Å². The average molecular weight is 463 g/mol. The molecule has 4 nitrogen and oxygen atoms in total. The van der Waals surface area contributed by atoms with Crippen LogP contribution >= 0.6 is 0 Å². The smallest absolute Gasteiger partial charge is 0.335 e. The summed E-state index contributed by atoms with van der Waals surface area (Å²) in [5.41, 5.74) is 4.12. The van der Waals surface area contributed by atoms with E-state index in [0.717, 1.165) is 49.7 Å². The van der Waals surface area contributed by atoms with E-state index in [1.807, 2.05) is 13.8 Å². The van der Waals surface area contributed by atoms with Crippen LogP contribution in [0.1, 0.15) is 92.9 Å². The van der Waals surface area contributed by atoms with E-state index in [0.29, 0.717) is 23.0 Å². The Labute approximate surface area is 203 Å². The lowest BCUT2D eigenvalue weighted by Crippen LogP contribution is -2.60. The Morgan fingerprint density at radius 1 is 0.735 bits per heavy atom. The monoisotopic (exact) mass is 462 g/mol. The second kappa shape index (κ2) is 6.77. The van der Waals surface area contributed by atoms with Gasteiger partial charge in [0, 0.05) is 11.1 Å². The Morgan fingerprint density at radius 2 is 1.12 bits per heavy atom. The average Bonchev–Trinajstić information content (AvgIpc) is 3.18. The molecule has 0 aromatic rings. The second-order valence-electron chi connectivity index (χ2n) is 12.6. The van der Waals surface area contributed by atoms with Gasteiger partial charge in [-0.3, -0.25) is 0 Å². The molecule has 0 radical (unpaired) electrons. The fourth-order valence-corrected chi connectivity index (χ4v) is 8.26. The first kappa shape index (κ1) is 22.4. The van der Waals surface area contributed by atoms with E-state index in [4.69, 9.17) is 9.47 Å². The maximum Gasteiger partial charge on any atom is 0.335 e. The minimum Gasteiger partial charge on any atom is -0.442 e. The fourth-order valence-electron chi connectivity index (χ4n) is 8.26. The van der Waals surface area contributed by atoms with E-state index in [1.165, 1.54) is 24.0 Å². The number of carbonyl (C=O) groups is 2. The summed E-state index contributed by atoms with van der Waals surface area (Å²) in [6, 6.07) is 0. The van der Waals surface area contributed by atoms with Gasteiger partial charge in [0.2, 0.25) is 0 Å². The van der Waals surface area contributed by atoms with E-state index in [2.05, 4.69) is 39.8 Å². The lowest BCUT2D eigenvalue weighted by atomic mass is 9.51. The molecule has 6 rings (SSSR count). The molecule has 0 spiro atoms. The Bertz CT molecular complexity index is 1060. The Balaban J connectivity index is 1.65. The summed E-state index contributed by atoms with van der Waals surface area (Å²) < 4.78 is 12.9. The number of allylic oxidation sites excluding steroid dienone is 2. The Morgan fingerprint density at radius 3 is 1.50 bits per heavy atom. The minimum atomic E-state index is -1.06. The molecular formula is C30H38O4. The molecule has 6 atom stereocenters. The summed E-state index contributed by atoms with van der Waals surface area (Å²) in [6.45, 7) is 13.2. The van der Waals surface area contributed by atoms with Gasteiger partial charge in [-0.1, -0.05) is 38.8 Å². The lowest BCUT2D eigenvalue weighted by Gasteiger charge is -2.56. The van der Waals surface area contributed by atoms with Crippen molar-refractivity contribution in [2.24, 2.45) is 22.7 Å². The summed E-state index contributed by atoms with van der Waals surface area (Å²) in [7, 11) is 0. The van der Waals surface area contributed by atoms with E-state index < -0.39 is 11.2 Å². The third-order valence-electron chi connectivity index (χ3n) is 11.1. The molecular weight excluding hydrogens is 424 g/mol. The first-order chi connectivity index (χ1) is 16.0. The highest BCUT2D eigenvalue weighted by Crippen LogP contribution is 2.66. The van der Waals surface area contributed by atoms with Crippen molar-refractivity contribution in [3.8, 4) is 0 Å². The zero-order chi connectivity index (χ0) is 24.3. The van der Waals surface area contributed by atoms with Crippen molar-refractivity contribution in [1.82, 2.24) is 0 Å². The van der Waals surface area contributed by atoms with E-state index in [1.54, 1.807) is 0 Å². The molecule has 4 aliphatic carbocycles. The number of hydrogen-bond acceptors (Lipinski definition) is 4. The Hall–Kier alpha value is -2.10. The second-order valence-corrected chi connectivity index (χ2v) is 12.6. The minimum absolute atomic E-state index is 0.0141. The first-order valence-corrected chi connectivity index (χ1v) is 13.3. The number of carbonyl (C=O) groups excluding carboxylic acids is 2. The zero-order valence-corrected chi connectivity index (χ0v) is 21.6. The van der Waals surface area contributed by atoms with Gasteiger partial charge in [-0.25, -0.2) is 9.59 Å². The number of esters is 2. The normalized spacial score (nSPS) is 45.6. The molecule has 2 aliphatic heterocycles. The third-order valence-corrected chi connectivity index (χ3v) is 11.1. The summed E-state index contributed by atoms with van der Waals surface area (Å²) in [5.74, 6) is 0.544. The van der Waals surface area contributed by atoms with Crippen molar-refractivity contribution in [1.29, 1.82) is 0 Å². The van der Waals surface area contributed by atoms with Gasteiger partial charge < -0.3 is 9.47 Å². The predicted molar refractivity (Wildman–Crippen MR) is 131 cm³/mol. The molecule has 0 bridgehead atoms. The maximum absolute atomic E-state index is 13.2. The standard InChI is InChI=1S/C30H38O4/c1-17-9-7-11-21-13-29(23(15-27(17,21)5)19(3)25(31)33-29)30-14-22-12-8-10-18(2)28(22,6)16-24(30)20(4)26(32)34-30/h13-14,17-18H,7-12,15-16H2,1-6H3/t17-,18-,27+,28+,29?,30?/m0/s1. The number of fused-ring (bicyclic) bond motifs is 5. The van der Waals surface area contributed by atoms with Gasteiger partial charge in [-0.2, -0.15) is 0 Å². The molecule has 2 heterocycles. The molecule has 182 valence electrons. The highest BCUT2D eigenvalue weighted by Gasteiger charge is 2.70. The molecule has 6 aliphatic rings. The van der Waals surface area contributed by atoms with Crippen molar-refractivity contribution >= 4 is 11.9 Å². The van der Waals surface area contributed by atoms with Crippen LogP contribution in [0.15, 0.2) is 45.6 Å². The van der Waals surface area contributed by atoms with Crippen LogP contribution in [0, 0.1) is 22.7 Å². The van der Waals surface area contributed by atoms with Gasteiger partial charge in [0.15, 0.2) is 11.2 Å². The molecule has 0 saturated heterocycles. The van der Waals surface area contributed by atoms with E-state index >= 15 is 0 Å². The SMILES string of the molecule is CC1=C2C[C@@]3(C)C(=CC2(C24C=C5CCC[C@H](C)[C@@]5(C)CC2=C(C)C(=O)O4)OC1=O)CCC[C@@H]3C.